The van der Waals surface area contributed by atoms with Crippen LogP contribution in [0.1, 0.15) is 44.1 Å². The highest BCUT2D eigenvalue weighted by atomic mass is 16.2. The summed E-state index contributed by atoms with van der Waals surface area (Å²) in [6.45, 7) is 1.21. The van der Waals surface area contributed by atoms with Gasteiger partial charge < -0.3 is 10.3 Å². The summed E-state index contributed by atoms with van der Waals surface area (Å²) in [7, 11) is 2.09. The van der Waals surface area contributed by atoms with Gasteiger partial charge in [-0.2, -0.15) is 0 Å². The van der Waals surface area contributed by atoms with Crippen molar-refractivity contribution in [1.82, 2.24) is 15.2 Å². The fourth-order valence-electron chi connectivity index (χ4n) is 3.79. The van der Waals surface area contributed by atoms with Crippen molar-refractivity contribution in [2.45, 2.75) is 51.0 Å². The Morgan fingerprint density at radius 1 is 1.21 bits per heavy atom. The molecule has 0 spiro atoms. The zero-order valence-electron chi connectivity index (χ0n) is 14.7. The van der Waals surface area contributed by atoms with Crippen LogP contribution in [0.2, 0.25) is 0 Å². The molecule has 1 amide bonds. The number of nitrogens with one attached hydrogen (secondary N) is 2. The van der Waals surface area contributed by atoms with E-state index in [1.165, 1.54) is 49.5 Å². The minimum Gasteiger partial charge on any atom is -0.361 e. The lowest BCUT2D eigenvalue weighted by atomic mass is 10.1. The third-order valence-corrected chi connectivity index (χ3v) is 5.23. The van der Waals surface area contributed by atoms with Gasteiger partial charge in [-0.15, -0.1) is 0 Å². The quantitative estimate of drug-likeness (QED) is 0.798. The Morgan fingerprint density at radius 3 is 2.75 bits per heavy atom. The number of para-hydroxylation sites is 1. The molecule has 1 aliphatic rings. The molecule has 2 N–H and O–H groups in total. The van der Waals surface area contributed by atoms with E-state index in [2.05, 4.69) is 46.6 Å². The van der Waals surface area contributed by atoms with E-state index in [0.29, 0.717) is 19.1 Å². The standard InChI is InChI=1S/C20H29N3O/c1-23(17-8-4-2-3-5-9-17)15-20(24)21-13-12-16-14-22-19-11-7-6-10-18(16)19/h6-7,10-11,14,17,22H,2-5,8-9,12-13,15H2,1H3,(H,21,24). The van der Waals surface area contributed by atoms with E-state index in [9.17, 15) is 4.79 Å². The molecule has 0 atom stereocenters. The van der Waals surface area contributed by atoms with Crippen LogP contribution in [0.25, 0.3) is 10.9 Å². The highest BCUT2D eigenvalue weighted by molar-refractivity contribution is 5.83. The van der Waals surface area contributed by atoms with Crippen LogP contribution in [0.3, 0.4) is 0 Å². The second kappa shape index (κ2) is 8.34. The number of amides is 1. The van der Waals surface area contributed by atoms with Crippen molar-refractivity contribution in [1.29, 1.82) is 0 Å². The maximum absolute atomic E-state index is 12.2. The van der Waals surface area contributed by atoms with Gasteiger partial charge in [0.25, 0.3) is 0 Å². The zero-order valence-corrected chi connectivity index (χ0v) is 14.7. The molecule has 4 nitrogen and oxygen atoms in total. The van der Waals surface area contributed by atoms with Gasteiger partial charge in [-0.05, 0) is 37.9 Å². The van der Waals surface area contributed by atoms with Crippen LogP contribution in [-0.4, -0.2) is 42.0 Å². The molecule has 1 saturated carbocycles. The molecular weight excluding hydrogens is 298 g/mol. The van der Waals surface area contributed by atoms with Gasteiger partial charge in [0, 0.05) is 29.7 Å². The highest BCUT2D eigenvalue weighted by Gasteiger charge is 2.18. The first-order valence-corrected chi connectivity index (χ1v) is 9.26. The van der Waals surface area contributed by atoms with Crippen LogP contribution in [-0.2, 0) is 11.2 Å². The van der Waals surface area contributed by atoms with Crippen molar-refractivity contribution in [3.63, 3.8) is 0 Å². The summed E-state index contributed by atoms with van der Waals surface area (Å²) in [4.78, 5) is 17.7. The number of aromatic nitrogens is 1. The second-order valence-electron chi connectivity index (χ2n) is 7.02. The van der Waals surface area contributed by atoms with Crippen molar-refractivity contribution in [3.8, 4) is 0 Å². The SMILES string of the molecule is CN(CC(=O)NCCc1c[nH]c2ccccc12)C1CCCCCC1. The Labute approximate surface area is 144 Å². The van der Waals surface area contributed by atoms with Crippen LogP contribution >= 0.6 is 0 Å². The average Bonchev–Trinajstić information content (AvgIpc) is 2.81. The summed E-state index contributed by atoms with van der Waals surface area (Å²) in [5.74, 6) is 0.140. The molecule has 2 aromatic rings. The predicted octanol–water partition coefficient (Wildman–Crippen LogP) is 3.48. The number of fused-ring (bicyclic) bond motifs is 1. The van der Waals surface area contributed by atoms with Crippen LogP contribution in [0.15, 0.2) is 30.5 Å². The molecule has 1 aromatic carbocycles. The highest BCUT2D eigenvalue weighted by Crippen LogP contribution is 2.21. The number of carbonyl (C=O) groups excluding carboxylic acids is 1. The van der Waals surface area contributed by atoms with E-state index in [1.807, 2.05) is 6.07 Å². The maximum Gasteiger partial charge on any atom is 0.234 e. The van der Waals surface area contributed by atoms with E-state index >= 15 is 0 Å². The first-order chi connectivity index (χ1) is 11.7. The molecule has 1 aliphatic carbocycles. The summed E-state index contributed by atoms with van der Waals surface area (Å²) in [5, 5.41) is 4.33. The van der Waals surface area contributed by atoms with Gasteiger partial charge in [-0.3, -0.25) is 9.69 Å². The van der Waals surface area contributed by atoms with Crippen molar-refractivity contribution < 1.29 is 4.79 Å². The van der Waals surface area contributed by atoms with E-state index in [1.54, 1.807) is 0 Å². The average molecular weight is 327 g/mol. The lowest BCUT2D eigenvalue weighted by molar-refractivity contribution is -0.122. The number of hydrogen-bond acceptors (Lipinski definition) is 2. The molecule has 1 fully saturated rings. The molecule has 1 heterocycles. The van der Waals surface area contributed by atoms with Crippen LogP contribution in [0.4, 0.5) is 0 Å². The zero-order chi connectivity index (χ0) is 16.8. The Morgan fingerprint density at radius 2 is 1.96 bits per heavy atom. The van der Waals surface area contributed by atoms with E-state index in [-0.39, 0.29) is 5.91 Å². The smallest absolute Gasteiger partial charge is 0.234 e. The van der Waals surface area contributed by atoms with E-state index < -0.39 is 0 Å². The first-order valence-electron chi connectivity index (χ1n) is 9.26. The maximum atomic E-state index is 12.2. The lowest BCUT2D eigenvalue weighted by Gasteiger charge is -2.26. The van der Waals surface area contributed by atoms with Gasteiger partial charge in [0.05, 0.1) is 6.54 Å². The summed E-state index contributed by atoms with van der Waals surface area (Å²) >= 11 is 0. The molecule has 130 valence electrons. The number of hydrogen-bond donors (Lipinski definition) is 2. The molecule has 4 heteroatoms. The lowest BCUT2D eigenvalue weighted by Crippen LogP contribution is -2.41. The van der Waals surface area contributed by atoms with Crippen molar-refractivity contribution in [2.75, 3.05) is 20.1 Å². The molecule has 0 unspecified atom stereocenters. The first kappa shape index (κ1) is 17.0. The topological polar surface area (TPSA) is 48.1 Å². The van der Waals surface area contributed by atoms with Crippen LogP contribution < -0.4 is 5.32 Å². The summed E-state index contributed by atoms with van der Waals surface area (Å²) < 4.78 is 0. The molecule has 24 heavy (non-hydrogen) atoms. The van der Waals surface area contributed by atoms with Gasteiger partial charge in [-0.25, -0.2) is 0 Å². The molecule has 0 aliphatic heterocycles. The summed E-state index contributed by atoms with van der Waals surface area (Å²) in [6, 6.07) is 8.88. The summed E-state index contributed by atoms with van der Waals surface area (Å²) in [5.41, 5.74) is 2.43. The minimum atomic E-state index is 0.140. The monoisotopic (exact) mass is 327 g/mol. The molecule has 0 bridgehead atoms. The Kier molecular flexibility index (Phi) is 5.91. The van der Waals surface area contributed by atoms with Crippen LogP contribution in [0, 0.1) is 0 Å². The largest absolute Gasteiger partial charge is 0.361 e. The number of H-pyrrole nitrogens is 1. The van der Waals surface area contributed by atoms with Gasteiger partial charge >= 0.3 is 0 Å². The van der Waals surface area contributed by atoms with Crippen molar-refractivity contribution >= 4 is 16.8 Å². The van der Waals surface area contributed by atoms with Gasteiger partial charge in [0.1, 0.15) is 0 Å². The molecule has 0 radical (unpaired) electrons. The number of carbonyl (C=O) groups is 1. The normalized spacial score (nSPS) is 16.4. The van der Waals surface area contributed by atoms with E-state index in [4.69, 9.17) is 0 Å². The number of likely N-dealkylation sites (N-methyl/N-ethyl adjacent to an activating group) is 1. The third-order valence-electron chi connectivity index (χ3n) is 5.23. The van der Waals surface area contributed by atoms with Gasteiger partial charge in [0.2, 0.25) is 5.91 Å². The molecule has 1 aromatic heterocycles. The Hall–Kier alpha value is -1.81. The fraction of sp³-hybridized carbons (Fsp3) is 0.550. The number of nitrogens with zero attached hydrogens (tertiary/aromatic N) is 1. The van der Waals surface area contributed by atoms with Gasteiger partial charge in [-0.1, -0.05) is 43.9 Å². The minimum absolute atomic E-state index is 0.140. The van der Waals surface area contributed by atoms with Crippen LogP contribution in [0.5, 0.6) is 0 Å². The van der Waals surface area contributed by atoms with Crippen molar-refractivity contribution in [2.24, 2.45) is 0 Å². The number of rotatable bonds is 6. The van der Waals surface area contributed by atoms with Crippen molar-refractivity contribution in [3.05, 3.63) is 36.0 Å². The third kappa shape index (κ3) is 4.38. The Balaban J connectivity index is 1.43. The van der Waals surface area contributed by atoms with E-state index in [0.717, 1.165) is 11.9 Å². The molecule has 0 saturated heterocycles. The number of benzene rings is 1. The number of aromatic amines is 1. The Bertz CT molecular complexity index is 656. The molecule has 3 rings (SSSR count). The second-order valence-corrected chi connectivity index (χ2v) is 7.02. The fourth-order valence-corrected chi connectivity index (χ4v) is 3.79. The summed E-state index contributed by atoms with van der Waals surface area (Å²) in [6.07, 6.45) is 10.7. The molecular formula is C20H29N3O. The predicted molar refractivity (Wildman–Crippen MR) is 99.1 cm³/mol. The van der Waals surface area contributed by atoms with Gasteiger partial charge in [0.15, 0.2) is 0 Å².